The van der Waals surface area contributed by atoms with E-state index < -0.39 is 4.92 Å². The molecular formula is C12H15N5O2. The van der Waals surface area contributed by atoms with E-state index in [9.17, 15) is 10.1 Å². The third-order valence-corrected chi connectivity index (χ3v) is 3.37. The summed E-state index contributed by atoms with van der Waals surface area (Å²) in [5, 5.41) is 23.0. The van der Waals surface area contributed by atoms with Gasteiger partial charge in [0.15, 0.2) is 0 Å². The monoisotopic (exact) mass is 261 g/mol. The molecule has 2 unspecified atom stereocenters. The van der Waals surface area contributed by atoms with Gasteiger partial charge in [-0.25, -0.2) is 4.98 Å². The Hall–Kier alpha value is -2.20. The molecule has 2 atom stereocenters. The molecule has 7 heteroatoms. The van der Waals surface area contributed by atoms with Gasteiger partial charge in [0.05, 0.1) is 4.92 Å². The summed E-state index contributed by atoms with van der Waals surface area (Å²) >= 11 is 0. The quantitative estimate of drug-likeness (QED) is 0.629. The zero-order valence-corrected chi connectivity index (χ0v) is 10.4. The van der Waals surface area contributed by atoms with Crippen LogP contribution in [-0.2, 0) is 0 Å². The van der Waals surface area contributed by atoms with Crippen molar-refractivity contribution in [2.24, 2.45) is 5.73 Å². The van der Waals surface area contributed by atoms with Crippen LogP contribution in [0.3, 0.4) is 0 Å². The van der Waals surface area contributed by atoms with Crippen molar-refractivity contribution in [1.82, 2.24) is 4.98 Å². The summed E-state index contributed by atoms with van der Waals surface area (Å²) < 4.78 is 0. The van der Waals surface area contributed by atoms with E-state index in [-0.39, 0.29) is 29.2 Å². The number of nitrogens with zero attached hydrogens (tertiary/aromatic N) is 3. The van der Waals surface area contributed by atoms with Crippen molar-refractivity contribution in [3.8, 4) is 6.07 Å². The summed E-state index contributed by atoms with van der Waals surface area (Å²) in [6.45, 7) is 0. The predicted molar refractivity (Wildman–Crippen MR) is 69.5 cm³/mol. The van der Waals surface area contributed by atoms with Crippen LogP contribution in [0.5, 0.6) is 0 Å². The van der Waals surface area contributed by atoms with Crippen LogP contribution in [0.25, 0.3) is 0 Å². The fraction of sp³-hybridized carbons (Fsp3) is 0.500. The lowest BCUT2D eigenvalue weighted by atomic mass is 9.91. The van der Waals surface area contributed by atoms with Gasteiger partial charge >= 0.3 is 5.69 Å². The van der Waals surface area contributed by atoms with Crippen molar-refractivity contribution < 1.29 is 4.92 Å². The molecular weight excluding hydrogens is 246 g/mol. The normalized spacial score (nSPS) is 22.5. The minimum absolute atomic E-state index is 0.00637. The number of hydrogen-bond donors (Lipinski definition) is 2. The Balaban J connectivity index is 2.29. The fourth-order valence-corrected chi connectivity index (χ4v) is 2.35. The molecule has 1 heterocycles. The molecule has 2 rings (SSSR count). The largest absolute Gasteiger partial charge is 0.360 e. The highest BCUT2D eigenvalue weighted by Gasteiger charge is 2.27. The molecule has 19 heavy (non-hydrogen) atoms. The topological polar surface area (TPSA) is 118 Å². The van der Waals surface area contributed by atoms with E-state index in [0.717, 1.165) is 25.7 Å². The van der Waals surface area contributed by atoms with Gasteiger partial charge in [-0.3, -0.25) is 10.1 Å². The lowest BCUT2D eigenvalue weighted by Crippen LogP contribution is -2.42. The zero-order chi connectivity index (χ0) is 13.8. The first-order chi connectivity index (χ1) is 9.13. The van der Waals surface area contributed by atoms with Gasteiger partial charge in [0, 0.05) is 18.3 Å². The molecule has 1 fully saturated rings. The number of rotatable bonds is 3. The highest BCUT2D eigenvalue weighted by atomic mass is 16.6. The number of nitrogens with one attached hydrogen (secondary N) is 1. The van der Waals surface area contributed by atoms with Crippen LogP contribution in [0.15, 0.2) is 12.3 Å². The number of hydrogen-bond acceptors (Lipinski definition) is 6. The second kappa shape index (κ2) is 5.63. The van der Waals surface area contributed by atoms with Crippen LogP contribution >= 0.6 is 0 Å². The van der Waals surface area contributed by atoms with E-state index in [1.165, 1.54) is 12.3 Å². The maximum Gasteiger partial charge on any atom is 0.328 e. The number of anilines is 1. The molecule has 0 amide bonds. The standard InChI is InChI=1S/C12H15N5O2/c13-7-8-5-6-15-12(11(8)17(18)19)16-10-4-2-1-3-9(10)14/h5-6,9-10H,1-4,14H2,(H,15,16). The molecule has 1 aliphatic rings. The van der Waals surface area contributed by atoms with Gasteiger partial charge in [0.1, 0.15) is 11.6 Å². The van der Waals surface area contributed by atoms with E-state index >= 15 is 0 Å². The second-order valence-electron chi connectivity index (χ2n) is 4.62. The molecule has 3 N–H and O–H groups in total. The molecule has 0 radical (unpaired) electrons. The Morgan fingerprint density at radius 3 is 2.89 bits per heavy atom. The van der Waals surface area contributed by atoms with E-state index in [0.29, 0.717) is 0 Å². The summed E-state index contributed by atoms with van der Waals surface area (Å²) in [5.41, 5.74) is 5.73. The van der Waals surface area contributed by atoms with Crippen LogP contribution in [-0.4, -0.2) is 22.0 Å². The Labute approximate surface area is 110 Å². The second-order valence-corrected chi connectivity index (χ2v) is 4.62. The first kappa shape index (κ1) is 13.2. The SMILES string of the molecule is N#Cc1ccnc(NC2CCCCC2N)c1[N+](=O)[O-]. The molecule has 0 spiro atoms. The average Bonchev–Trinajstić information content (AvgIpc) is 2.40. The van der Waals surface area contributed by atoms with Crippen molar-refractivity contribution in [2.75, 3.05) is 5.32 Å². The lowest BCUT2D eigenvalue weighted by Gasteiger charge is -2.29. The number of nitrogens with two attached hydrogens (primary N) is 1. The van der Waals surface area contributed by atoms with Gasteiger partial charge in [-0.05, 0) is 18.9 Å². The molecule has 0 aromatic carbocycles. The first-order valence-corrected chi connectivity index (χ1v) is 6.19. The molecule has 1 aromatic rings. The van der Waals surface area contributed by atoms with E-state index in [1.807, 2.05) is 6.07 Å². The molecule has 1 saturated carbocycles. The molecule has 100 valence electrons. The molecule has 0 bridgehead atoms. The molecule has 7 nitrogen and oxygen atoms in total. The highest BCUT2D eigenvalue weighted by Crippen LogP contribution is 2.28. The number of aromatic nitrogens is 1. The molecule has 0 saturated heterocycles. The van der Waals surface area contributed by atoms with Crippen LogP contribution in [0, 0.1) is 21.4 Å². The molecule has 0 aliphatic heterocycles. The van der Waals surface area contributed by atoms with Crippen LogP contribution < -0.4 is 11.1 Å². The van der Waals surface area contributed by atoms with E-state index in [4.69, 9.17) is 11.0 Å². The maximum atomic E-state index is 11.1. The minimum Gasteiger partial charge on any atom is -0.360 e. The minimum atomic E-state index is -0.581. The van der Waals surface area contributed by atoms with Crippen LogP contribution in [0.2, 0.25) is 0 Å². The van der Waals surface area contributed by atoms with Crippen molar-refractivity contribution >= 4 is 11.5 Å². The number of nitro groups is 1. The Bertz CT molecular complexity index is 525. The summed E-state index contributed by atoms with van der Waals surface area (Å²) in [7, 11) is 0. The third-order valence-electron chi connectivity index (χ3n) is 3.37. The summed E-state index contributed by atoms with van der Waals surface area (Å²) in [4.78, 5) is 14.5. The van der Waals surface area contributed by atoms with Gasteiger partial charge in [0.25, 0.3) is 0 Å². The van der Waals surface area contributed by atoms with Gasteiger partial charge in [-0.2, -0.15) is 5.26 Å². The van der Waals surface area contributed by atoms with Crippen LogP contribution in [0.4, 0.5) is 11.5 Å². The van der Waals surface area contributed by atoms with Crippen molar-refractivity contribution in [2.45, 2.75) is 37.8 Å². The van der Waals surface area contributed by atoms with E-state index in [2.05, 4.69) is 10.3 Å². The van der Waals surface area contributed by atoms with Crippen molar-refractivity contribution in [3.05, 3.63) is 27.9 Å². The van der Waals surface area contributed by atoms with Gasteiger partial charge in [-0.1, -0.05) is 12.8 Å². The Morgan fingerprint density at radius 2 is 2.26 bits per heavy atom. The Kier molecular flexibility index (Phi) is 3.92. The first-order valence-electron chi connectivity index (χ1n) is 6.19. The number of pyridine rings is 1. The van der Waals surface area contributed by atoms with Gasteiger partial charge in [0.2, 0.25) is 5.82 Å². The van der Waals surface area contributed by atoms with Crippen LogP contribution in [0.1, 0.15) is 31.2 Å². The number of nitriles is 1. The van der Waals surface area contributed by atoms with Gasteiger partial charge < -0.3 is 11.1 Å². The van der Waals surface area contributed by atoms with Crippen molar-refractivity contribution in [1.29, 1.82) is 5.26 Å². The average molecular weight is 261 g/mol. The Morgan fingerprint density at radius 1 is 1.53 bits per heavy atom. The summed E-state index contributed by atoms with van der Waals surface area (Å²) in [6.07, 6.45) is 5.26. The van der Waals surface area contributed by atoms with E-state index in [1.54, 1.807) is 0 Å². The third kappa shape index (κ3) is 2.80. The molecule has 1 aromatic heterocycles. The smallest absolute Gasteiger partial charge is 0.328 e. The zero-order valence-electron chi connectivity index (χ0n) is 10.4. The van der Waals surface area contributed by atoms with Gasteiger partial charge in [-0.15, -0.1) is 0 Å². The fourth-order valence-electron chi connectivity index (χ4n) is 2.35. The molecule has 1 aliphatic carbocycles. The highest BCUT2D eigenvalue weighted by molar-refractivity contribution is 5.64. The summed E-state index contributed by atoms with van der Waals surface area (Å²) in [6, 6.07) is 3.08. The van der Waals surface area contributed by atoms with Crippen molar-refractivity contribution in [3.63, 3.8) is 0 Å². The maximum absolute atomic E-state index is 11.1. The lowest BCUT2D eigenvalue weighted by molar-refractivity contribution is -0.384. The summed E-state index contributed by atoms with van der Waals surface area (Å²) in [5.74, 6) is 0.131. The predicted octanol–water partition coefficient (Wildman–Crippen LogP) is 1.54.